The molecule has 0 bridgehead atoms. The van der Waals surface area contributed by atoms with E-state index in [2.05, 4.69) is 10.8 Å². The van der Waals surface area contributed by atoms with Gasteiger partial charge < -0.3 is 14.5 Å². The largest absolute Gasteiger partial charge is 0.479 e. The highest BCUT2D eigenvalue weighted by Crippen LogP contribution is 2.33. The van der Waals surface area contributed by atoms with E-state index in [4.69, 9.17) is 11.2 Å². The summed E-state index contributed by atoms with van der Waals surface area (Å²) in [5, 5.41) is 0. The molecular weight excluding hydrogens is 330 g/mol. The third kappa shape index (κ3) is 4.00. The zero-order valence-electron chi connectivity index (χ0n) is 15.2. The summed E-state index contributed by atoms with van der Waals surface area (Å²) in [6, 6.07) is 7.45. The molecule has 0 unspecified atom stereocenters. The van der Waals surface area contributed by atoms with E-state index >= 15 is 0 Å². The standard InChI is InChI=1S/C20H25N3O3/c1-3-4-10-21-12-14-22(15-13-21)19(24)9-11-23-17-7-5-6-8-18(17)26-16(2)20(23)25/h1,5-8,16H,4,9-15H2,2H3/t16-/m1/s1. The van der Waals surface area contributed by atoms with Crippen molar-refractivity contribution in [2.24, 2.45) is 0 Å². The molecule has 6 heteroatoms. The first-order valence-corrected chi connectivity index (χ1v) is 9.11. The van der Waals surface area contributed by atoms with Crippen molar-refractivity contribution < 1.29 is 14.3 Å². The number of para-hydroxylation sites is 2. The summed E-state index contributed by atoms with van der Waals surface area (Å²) in [5.41, 5.74) is 0.738. The minimum absolute atomic E-state index is 0.0889. The second kappa shape index (κ2) is 8.24. The lowest BCUT2D eigenvalue weighted by Crippen LogP contribution is -2.50. The Kier molecular flexibility index (Phi) is 5.79. The molecule has 1 fully saturated rings. The van der Waals surface area contributed by atoms with Crippen LogP contribution in [0.2, 0.25) is 0 Å². The van der Waals surface area contributed by atoms with E-state index in [1.165, 1.54) is 0 Å². The second-order valence-corrected chi connectivity index (χ2v) is 6.64. The maximum atomic E-state index is 12.6. The third-order valence-electron chi connectivity index (χ3n) is 4.92. The molecule has 0 N–H and O–H groups in total. The van der Waals surface area contributed by atoms with Crippen LogP contribution in [-0.4, -0.2) is 67.0 Å². The van der Waals surface area contributed by atoms with Gasteiger partial charge in [-0.15, -0.1) is 12.3 Å². The fourth-order valence-electron chi connectivity index (χ4n) is 3.40. The summed E-state index contributed by atoms with van der Waals surface area (Å²) >= 11 is 0. The van der Waals surface area contributed by atoms with E-state index in [0.29, 0.717) is 31.8 Å². The monoisotopic (exact) mass is 355 g/mol. The summed E-state index contributed by atoms with van der Waals surface area (Å²) in [5.74, 6) is 3.33. The van der Waals surface area contributed by atoms with Gasteiger partial charge in [0.25, 0.3) is 5.91 Å². The highest BCUT2D eigenvalue weighted by Gasteiger charge is 2.32. The van der Waals surface area contributed by atoms with Crippen LogP contribution in [0.1, 0.15) is 19.8 Å². The molecule has 0 radical (unpaired) electrons. The molecule has 0 aliphatic carbocycles. The Hall–Kier alpha value is -2.52. The van der Waals surface area contributed by atoms with Crippen molar-refractivity contribution >= 4 is 17.5 Å². The van der Waals surface area contributed by atoms with Crippen molar-refractivity contribution in [3.8, 4) is 18.1 Å². The molecule has 26 heavy (non-hydrogen) atoms. The number of ether oxygens (including phenoxy) is 1. The van der Waals surface area contributed by atoms with Gasteiger partial charge in [0.1, 0.15) is 5.75 Å². The molecule has 2 heterocycles. The topological polar surface area (TPSA) is 53.1 Å². The number of fused-ring (bicyclic) bond motifs is 1. The number of amides is 2. The van der Waals surface area contributed by atoms with Crippen molar-refractivity contribution in [1.82, 2.24) is 9.80 Å². The summed E-state index contributed by atoms with van der Waals surface area (Å²) in [4.78, 5) is 30.9. The average Bonchev–Trinajstić information content (AvgIpc) is 2.67. The number of hydrogen-bond acceptors (Lipinski definition) is 4. The first-order valence-electron chi connectivity index (χ1n) is 9.11. The highest BCUT2D eigenvalue weighted by molar-refractivity contribution is 6.00. The van der Waals surface area contributed by atoms with Crippen LogP contribution in [0.3, 0.4) is 0 Å². The van der Waals surface area contributed by atoms with Crippen LogP contribution in [0.5, 0.6) is 5.75 Å². The molecule has 0 aromatic heterocycles. The fraction of sp³-hybridized carbons (Fsp3) is 0.500. The maximum Gasteiger partial charge on any atom is 0.267 e. The van der Waals surface area contributed by atoms with E-state index < -0.39 is 6.10 Å². The number of hydrogen-bond donors (Lipinski definition) is 0. The van der Waals surface area contributed by atoms with Crippen molar-refractivity contribution in [2.45, 2.75) is 25.9 Å². The minimum atomic E-state index is -0.528. The van der Waals surface area contributed by atoms with Crippen LogP contribution in [0.4, 0.5) is 5.69 Å². The van der Waals surface area contributed by atoms with E-state index in [-0.39, 0.29) is 11.8 Å². The normalized spacial score (nSPS) is 20.3. The van der Waals surface area contributed by atoms with Gasteiger partial charge >= 0.3 is 0 Å². The number of carbonyl (C=O) groups excluding carboxylic acids is 2. The van der Waals surface area contributed by atoms with Crippen molar-refractivity contribution in [1.29, 1.82) is 0 Å². The molecule has 6 nitrogen and oxygen atoms in total. The first-order chi connectivity index (χ1) is 12.6. The lowest BCUT2D eigenvalue weighted by molar-refractivity contribution is -0.132. The van der Waals surface area contributed by atoms with Gasteiger partial charge in [0.05, 0.1) is 5.69 Å². The molecule has 1 aromatic carbocycles. The average molecular weight is 355 g/mol. The van der Waals surface area contributed by atoms with Crippen LogP contribution in [-0.2, 0) is 9.59 Å². The number of benzene rings is 1. The lowest BCUT2D eigenvalue weighted by atomic mass is 10.1. The molecular formula is C20H25N3O3. The zero-order valence-corrected chi connectivity index (χ0v) is 15.2. The first kappa shape index (κ1) is 18.3. The number of anilines is 1. The third-order valence-corrected chi connectivity index (χ3v) is 4.92. The van der Waals surface area contributed by atoms with Crippen molar-refractivity contribution in [3.05, 3.63) is 24.3 Å². The SMILES string of the molecule is C#CCCN1CCN(C(=O)CCN2C(=O)[C@@H](C)Oc3ccccc32)CC1. The van der Waals surface area contributed by atoms with E-state index in [9.17, 15) is 9.59 Å². The zero-order chi connectivity index (χ0) is 18.5. The van der Waals surface area contributed by atoms with Gasteiger partial charge in [0, 0.05) is 52.1 Å². The number of nitrogens with zero attached hydrogens (tertiary/aromatic N) is 3. The Labute approximate surface area is 154 Å². The van der Waals surface area contributed by atoms with Gasteiger partial charge in [-0.2, -0.15) is 0 Å². The van der Waals surface area contributed by atoms with Crippen LogP contribution >= 0.6 is 0 Å². The Morgan fingerprint density at radius 2 is 1.96 bits per heavy atom. The molecule has 2 aliphatic rings. The van der Waals surface area contributed by atoms with Crippen molar-refractivity contribution in [2.75, 3.05) is 44.2 Å². The quantitative estimate of drug-likeness (QED) is 0.749. The fourth-order valence-corrected chi connectivity index (χ4v) is 3.40. The predicted molar refractivity (Wildman–Crippen MR) is 100.0 cm³/mol. The number of carbonyl (C=O) groups is 2. The second-order valence-electron chi connectivity index (χ2n) is 6.64. The van der Waals surface area contributed by atoms with Gasteiger partial charge in [0.2, 0.25) is 5.91 Å². The lowest BCUT2D eigenvalue weighted by Gasteiger charge is -2.36. The van der Waals surface area contributed by atoms with Gasteiger partial charge in [-0.05, 0) is 19.1 Å². The van der Waals surface area contributed by atoms with E-state index in [1.54, 1.807) is 11.8 Å². The smallest absolute Gasteiger partial charge is 0.267 e. The Morgan fingerprint density at radius 1 is 1.23 bits per heavy atom. The molecule has 1 aromatic rings. The summed E-state index contributed by atoms with van der Waals surface area (Å²) < 4.78 is 5.64. The van der Waals surface area contributed by atoms with Gasteiger partial charge in [-0.25, -0.2) is 0 Å². The van der Waals surface area contributed by atoms with Crippen LogP contribution in [0, 0.1) is 12.3 Å². The molecule has 3 rings (SSSR count). The van der Waals surface area contributed by atoms with E-state index in [0.717, 1.165) is 31.7 Å². The van der Waals surface area contributed by atoms with Crippen LogP contribution in [0.15, 0.2) is 24.3 Å². The number of rotatable bonds is 5. The number of piperazine rings is 1. The molecule has 1 saturated heterocycles. The Morgan fingerprint density at radius 3 is 2.69 bits per heavy atom. The molecule has 138 valence electrons. The van der Waals surface area contributed by atoms with Crippen LogP contribution < -0.4 is 9.64 Å². The highest BCUT2D eigenvalue weighted by atomic mass is 16.5. The summed E-state index contributed by atoms with van der Waals surface area (Å²) in [7, 11) is 0. The summed E-state index contributed by atoms with van der Waals surface area (Å²) in [6.07, 6.45) is 5.83. The number of terminal acetylenes is 1. The molecule has 1 atom stereocenters. The molecule has 0 spiro atoms. The van der Waals surface area contributed by atoms with Crippen LogP contribution in [0.25, 0.3) is 0 Å². The molecule has 0 saturated carbocycles. The predicted octanol–water partition coefficient (Wildman–Crippen LogP) is 1.36. The van der Waals surface area contributed by atoms with Crippen molar-refractivity contribution in [3.63, 3.8) is 0 Å². The van der Waals surface area contributed by atoms with Gasteiger partial charge in [-0.1, -0.05) is 12.1 Å². The maximum absolute atomic E-state index is 12.6. The van der Waals surface area contributed by atoms with E-state index in [1.807, 2.05) is 29.2 Å². The van der Waals surface area contributed by atoms with Gasteiger partial charge in [-0.3, -0.25) is 14.5 Å². The summed E-state index contributed by atoms with van der Waals surface area (Å²) in [6.45, 7) is 6.13. The Bertz CT molecular complexity index is 704. The Balaban J connectivity index is 1.55. The van der Waals surface area contributed by atoms with Gasteiger partial charge in [0.15, 0.2) is 6.10 Å². The molecule has 2 aliphatic heterocycles. The minimum Gasteiger partial charge on any atom is -0.479 e. The molecule has 2 amide bonds.